The highest BCUT2D eigenvalue weighted by Crippen LogP contribution is 2.24. The molecule has 0 unspecified atom stereocenters. The summed E-state index contributed by atoms with van der Waals surface area (Å²) in [6.45, 7) is 4.99. The molecule has 1 aromatic heterocycles. The average Bonchev–Trinajstić information content (AvgIpc) is 2.89. The first-order valence-electron chi connectivity index (χ1n) is 7.44. The third-order valence-electron chi connectivity index (χ3n) is 3.76. The lowest BCUT2D eigenvalue weighted by Gasteiger charge is -2.04. The topological polar surface area (TPSA) is 55.9 Å². The van der Waals surface area contributed by atoms with E-state index in [1.807, 2.05) is 18.2 Å². The highest BCUT2D eigenvalue weighted by Gasteiger charge is 2.24. The van der Waals surface area contributed by atoms with Gasteiger partial charge in [-0.05, 0) is 28.3 Å². The maximum absolute atomic E-state index is 5.97. The first-order chi connectivity index (χ1) is 10.6. The monoisotopic (exact) mass is 294 g/mol. The van der Waals surface area contributed by atoms with Crippen molar-refractivity contribution in [2.45, 2.75) is 26.3 Å². The SMILES string of the molecule is CC(C)c1ccc(-c2c(N)on[n+]2Cc2ccccc2)cc1. The van der Waals surface area contributed by atoms with Crippen LogP contribution in [0.3, 0.4) is 0 Å². The second-order valence-corrected chi connectivity index (χ2v) is 5.71. The Morgan fingerprint density at radius 3 is 2.36 bits per heavy atom. The quantitative estimate of drug-likeness (QED) is 0.750. The molecule has 112 valence electrons. The fourth-order valence-electron chi connectivity index (χ4n) is 2.49. The van der Waals surface area contributed by atoms with Crippen molar-refractivity contribution in [1.82, 2.24) is 5.27 Å². The van der Waals surface area contributed by atoms with Gasteiger partial charge in [-0.25, -0.2) is 0 Å². The summed E-state index contributed by atoms with van der Waals surface area (Å²) >= 11 is 0. The van der Waals surface area contributed by atoms with Gasteiger partial charge in [0.05, 0.1) is 5.56 Å². The maximum atomic E-state index is 5.97. The van der Waals surface area contributed by atoms with Gasteiger partial charge in [0, 0.05) is 5.56 Å². The van der Waals surface area contributed by atoms with Crippen molar-refractivity contribution >= 4 is 5.88 Å². The van der Waals surface area contributed by atoms with Crippen molar-refractivity contribution in [2.75, 3.05) is 5.73 Å². The Bertz CT molecular complexity index is 746. The van der Waals surface area contributed by atoms with Crippen LogP contribution in [0.4, 0.5) is 5.88 Å². The van der Waals surface area contributed by atoms with E-state index in [0.29, 0.717) is 18.3 Å². The lowest BCUT2D eigenvalue weighted by molar-refractivity contribution is -0.745. The van der Waals surface area contributed by atoms with E-state index in [-0.39, 0.29) is 0 Å². The predicted molar refractivity (Wildman–Crippen MR) is 86.2 cm³/mol. The largest absolute Gasteiger partial charge is 0.362 e. The number of nitrogen functional groups attached to an aromatic ring is 1. The third kappa shape index (κ3) is 2.86. The molecular formula is C18H20N3O+. The summed E-state index contributed by atoms with van der Waals surface area (Å²) < 4.78 is 6.99. The number of hydrogen-bond donors (Lipinski definition) is 1. The Kier molecular flexibility index (Phi) is 3.92. The zero-order valence-corrected chi connectivity index (χ0v) is 12.9. The molecule has 1 heterocycles. The van der Waals surface area contributed by atoms with Crippen LogP contribution in [0.15, 0.2) is 59.1 Å². The summed E-state index contributed by atoms with van der Waals surface area (Å²) in [5.41, 5.74) is 10.3. The van der Waals surface area contributed by atoms with Gasteiger partial charge in [-0.1, -0.05) is 56.3 Å². The van der Waals surface area contributed by atoms with Crippen molar-refractivity contribution in [1.29, 1.82) is 0 Å². The highest BCUT2D eigenvalue weighted by molar-refractivity contribution is 5.65. The fourth-order valence-corrected chi connectivity index (χ4v) is 2.49. The molecule has 3 rings (SSSR count). The minimum absolute atomic E-state index is 0.341. The van der Waals surface area contributed by atoms with Crippen molar-refractivity contribution in [3.8, 4) is 11.3 Å². The summed E-state index contributed by atoms with van der Waals surface area (Å²) in [5.74, 6) is 0.846. The van der Waals surface area contributed by atoms with E-state index in [4.69, 9.17) is 10.3 Å². The molecule has 0 saturated carbocycles. The summed E-state index contributed by atoms with van der Waals surface area (Å²) in [6, 6.07) is 18.5. The molecule has 0 aliphatic rings. The Labute approximate surface area is 130 Å². The van der Waals surface area contributed by atoms with Crippen molar-refractivity contribution in [2.24, 2.45) is 0 Å². The zero-order valence-electron chi connectivity index (χ0n) is 12.9. The molecular weight excluding hydrogens is 274 g/mol. The normalized spacial score (nSPS) is 11.0. The fraction of sp³-hybridized carbons (Fsp3) is 0.222. The van der Waals surface area contributed by atoms with Crippen LogP contribution in [-0.4, -0.2) is 5.27 Å². The molecule has 22 heavy (non-hydrogen) atoms. The number of hydrogen-bond acceptors (Lipinski definition) is 3. The van der Waals surface area contributed by atoms with Gasteiger partial charge in [0.25, 0.3) is 0 Å². The molecule has 2 aromatic carbocycles. The molecule has 4 heteroatoms. The first kappa shape index (κ1) is 14.3. The van der Waals surface area contributed by atoms with E-state index < -0.39 is 0 Å². The standard InChI is InChI=1S/C18H20N3O/c1-13(2)15-8-10-16(11-9-15)17-18(19)22-20-21(17)12-14-6-4-3-5-7-14/h3-11,13H,12,19H2,1-2H3/q+1. The summed E-state index contributed by atoms with van der Waals surface area (Å²) in [5, 5.41) is 4.06. The molecule has 0 aliphatic heterocycles. The molecule has 2 N–H and O–H groups in total. The molecule has 0 aliphatic carbocycles. The van der Waals surface area contributed by atoms with E-state index in [2.05, 4.69) is 55.5 Å². The summed E-state index contributed by atoms with van der Waals surface area (Å²) in [4.78, 5) is 0. The minimum atomic E-state index is 0.341. The molecule has 0 fully saturated rings. The second kappa shape index (κ2) is 6.02. The van der Waals surface area contributed by atoms with Gasteiger partial charge in [-0.2, -0.15) is 0 Å². The lowest BCUT2D eigenvalue weighted by atomic mass is 10.0. The van der Waals surface area contributed by atoms with Crippen LogP contribution in [0.1, 0.15) is 30.9 Å². The molecule has 0 bridgehead atoms. The lowest BCUT2D eigenvalue weighted by Crippen LogP contribution is -2.38. The van der Waals surface area contributed by atoms with Crippen LogP contribution < -0.4 is 10.4 Å². The summed E-state index contributed by atoms with van der Waals surface area (Å²) in [6.07, 6.45) is 0. The predicted octanol–water partition coefficient (Wildman–Crippen LogP) is 3.38. The van der Waals surface area contributed by atoms with Crippen LogP contribution in [0.5, 0.6) is 0 Å². The van der Waals surface area contributed by atoms with E-state index in [1.165, 1.54) is 5.56 Å². The average molecular weight is 294 g/mol. The zero-order chi connectivity index (χ0) is 15.5. The molecule has 0 atom stereocenters. The van der Waals surface area contributed by atoms with Crippen LogP contribution in [0, 0.1) is 0 Å². The van der Waals surface area contributed by atoms with Crippen LogP contribution in [0.2, 0.25) is 0 Å². The molecule has 3 aromatic rings. The van der Waals surface area contributed by atoms with Gasteiger partial charge in [-0.15, -0.1) is 0 Å². The van der Waals surface area contributed by atoms with E-state index >= 15 is 0 Å². The Morgan fingerprint density at radius 2 is 1.73 bits per heavy atom. The van der Waals surface area contributed by atoms with E-state index in [1.54, 1.807) is 4.68 Å². The molecule has 0 saturated heterocycles. The number of aromatic nitrogens is 2. The van der Waals surface area contributed by atoms with Crippen molar-refractivity contribution in [3.05, 3.63) is 65.7 Å². The first-order valence-corrected chi connectivity index (χ1v) is 7.44. The van der Waals surface area contributed by atoms with Gasteiger partial charge in [0.2, 0.25) is 11.8 Å². The molecule has 0 amide bonds. The van der Waals surface area contributed by atoms with E-state index in [9.17, 15) is 0 Å². The second-order valence-electron chi connectivity index (χ2n) is 5.71. The molecule has 4 nitrogen and oxygen atoms in total. The van der Waals surface area contributed by atoms with Crippen LogP contribution in [0.25, 0.3) is 11.3 Å². The number of nitrogens with zero attached hydrogens (tertiary/aromatic N) is 2. The number of benzene rings is 2. The van der Waals surface area contributed by atoms with Crippen molar-refractivity contribution < 1.29 is 9.20 Å². The van der Waals surface area contributed by atoms with Crippen molar-refractivity contribution in [3.63, 3.8) is 0 Å². The Morgan fingerprint density at radius 1 is 1.05 bits per heavy atom. The van der Waals surface area contributed by atoms with Gasteiger partial charge < -0.3 is 5.73 Å². The van der Waals surface area contributed by atoms with Gasteiger partial charge in [-0.3, -0.25) is 4.52 Å². The number of anilines is 1. The third-order valence-corrected chi connectivity index (χ3v) is 3.76. The highest BCUT2D eigenvalue weighted by atomic mass is 16.5. The van der Waals surface area contributed by atoms with Gasteiger partial charge in [0.1, 0.15) is 0 Å². The van der Waals surface area contributed by atoms with Crippen LogP contribution in [-0.2, 0) is 6.54 Å². The number of rotatable bonds is 4. The van der Waals surface area contributed by atoms with Gasteiger partial charge >= 0.3 is 11.6 Å². The van der Waals surface area contributed by atoms with Gasteiger partial charge in [0.15, 0.2) is 0 Å². The maximum Gasteiger partial charge on any atom is 0.305 e. The van der Waals surface area contributed by atoms with E-state index in [0.717, 1.165) is 16.8 Å². The van der Waals surface area contributed by atoms with Crippen LogP contribution >= 0.6 is 0 Å². The Hall–Kier alpha value is -2.62. The smallest absolute Gasteiger partial charge is 0.305 e. The minimum Gasteiger partial charge on any atom is -0.362 e. The molecule has 0 spiro atoms. The number of nitrogens with two attached hydrogens (primary N) is 1. The molecule has 0 radical (unpaired) electrons. The Balaban J connectivity index is 1.95. The summed E-state index contributed by atoms with van der Waals surface area (Å²) in [7, 11) is 0.